The van der Waals surface area contributed by atoms with E-state index in [0.29, 0.717) is 19.0 Å². The molecule has 1 aromatic heterocycles. The van der Waals surface area contributed by atoms with Gasteiger partial charge in [0.2, 0.25) is 0 Å². The van der Waals surface area contributed by atoms with Crippen molar-refractivity contribution in [3.05, 3.63) is 12.2 Å². The van der Waals surface area contributed by atoms with Gasteiger partial charge >= 0.3 is 0 Å². The van der Waals surface area contributed by atoms with Gasteiger partial charge in [-0.1, -0.05) is 12.8 Å². The lowest BCUT2D eigenvalue weighted by Crippen LogP contribution is -2.32. The van der Waals surface area contributed by atoms with Crippen LogP contribution in [0.25, 0.3) is 0 Å². The molecular formula is C13H22N4O. The number of ketones is 1. The maximum Gasteiger partial charge on any atom is 0.154 e. The van der Waals surface area contributed by atoms with Gasteiger partial charge in [0, 0.05) is 12.1 Å². The van der Waals surface area contributed by atoms with Crippen LogP contribution in [0.5, 0.6) is 0 Å². The Morgan fingerprint density at radius 2 is 2.22 bits per heavy atom. The molecule has 0 amide bonds. The van der Waals surface area contributed by atoms with Gasteiger partial charge in [0.25, 0.3) is 0 Å². The lowest BCUT2D eigenvalue weighted by Gasteiger charge is -2.12. The molecule has 18 heavy (non-hydrogen) atoms. The predicted octanol–water partition coefficient (Wildman–Crippen LogP) is 1.50. The largest absolute Gasteiger partial charge is 0.307 e. The average Bonchev–Trinajstić information content (AvgIpc) is 2.96. The highest BCUT2D eigenvalue weighted by molar-refractivity contribution is 5.82. The van der Waals surface area contributed by atoms with Crippen LogP contribution < -0.4 is 5.32 Å². The summed E-state index contributed by atoms with van der Waals surface area (Å²) < 4.78 is 1.81. The number of nitrogens with zero attached hydrogens (tertiary/aromatic N) is 3. The van der Waals surface area contributed by atoms with Gasteiger partial charge in [-0.15, -0.1) is 0 Å². The van der Waals surface area contributed by atoms with E-state index in [2.05, 4.69) is 15.4 Å². The van der Waals surface area contributed by atoms with Crippen LogP contribution in [0.15, 0.2) is 6.33 Å². The minimum atomic E-state index is 0.191. The van der Waals surface area contributed by atoms with Crippen molar-refractivity contribution in [2.75, 3.05) is 6.54 Å². The van der Waals surface area contributed by atoms with E-state index >= 15 is 0 Å². The smallest absolute Gasteiger partial charge is 0.154 e. The van der Waals surface area contributed by atoms with Gasteiger partial charge in [-0.25, -0.2) is 9.67 Å². The van der Waals surface area contributed by atoms with E-state index < -0.39 is 0 Å². The zero-order valence-corrected chi connectivity index (χ0v) is 11.2. The SMILES string of the molecule is CC(C)n1ncnc1CC(=O)CNC1CCCC1. The molecule has 5 heteroatoms. The van der Waals surface area contributed by atoms with Gasteiger partial charge < -0.3 is 5.32 Å². The van der Waals surface area contributed by atoms with Gasteiger partial charge in [0.05, 0.1) is 13.0 Å². The third kappa shape index (κ3) is 3.38. The molecule has 0 saturated heterocycles. The molecule has 100 valence electrons. The second-order valence-corrected chi connectivity index (χ2v) is 5.29. The number of carbonyl (C=O) groups is 1. The molecule has 1 N–H and O–H groups in total. The quantitative estimate of drug-likeness (QED) is 0.831. The van der Waals surface area contributed by atoms with E-state index in [1.807, 2.05) is 18.5 Å². The molecule has 1 heterocycles. The molecule has 0 spiro atoms. The van der Waals surface area contributed by atoms with Crippen LogP contribution in [0.3, 0.4) is 0 Å². The Labute approximate surface area is 108 Å². The second kappa shape index (κ2) is 6.09. The standard InChI is InChI=1S/C13H22N4O/c1-10(2)17-13(15-9-16-17)7-12(18)8-14-11-5-3-4-6-11/h9-11,14H,3-8H2,1-2H3. The predicted molar refractivity (Wildman–Crippen MR) is 69.4 cm³/mol. The molecule has 1 aliphatic carbocycles. The number of aromatic nitrogens is 3. The second-order valence-electron chi connectivity index (χ2n) is 5.29. The van der Waals surface area contributed by atoms with Gasteiger partial charge in [0.1, 0.15) is 12.2 Å². The summed E-state index contributed by atoms with van der Waals surface area (Å²) in [7, 11) is 0. The van der Waals surface area contributed by atoms with E-state index in [4.69, 9.17) is 0 Å². The molecule has 2 rings (SSSR count). The molecule has 0 unspecified atom stereocenters. The molecule has 1 saturated carbocycles. The third-order valence-corrected chi connectivity index (χ3v) is 3.43. The number of hydrogen-bond acceptors (Lipinski definition) is 4. The summed E-state index contributed by atoms with van der Waals surface area (Å²) in [6, 6.07) is 0.787. The molecule has 0 atom stereocenters. The molecule has 1 aliphatic rings. The van der Waals surface area contributed by atoms with Crippen molar-refractivity contribution >= 4 is 5.78 Å². The van der Waals surface area contributed by atoms with Crippen molar-refractivity contribution in [2.45, 2.75) is 58.0 Å². The summed E-state index contributed by atoms with van der Waals surface area (Å²) in [5.41, 5.74) is 0. The number of hydrogen-bond donors (Lipinski definition) is 1. The Morgan fingerprint density at radius 1 is 1.50 bits per heavy atom. The first-order valence-electron chi connectivity index (χ1n) is 6.80. The van der Waals surface area contributed by atoms with Crippen molar-refractivity contribution in [3.63, 3.8) is 0 Å². The van der Waals surface area contributed by atoms with Gasteiger partial charge in [0.15, 0.2) is 5.78 Å². The number of Topliss-reactive ketones (excluding diaryl/α,β-unsaturated/α-hetero) is 1. The molecule has 1 fully saturated rings. The Hall–Kier alpha value is -1.23. The van der Waals surface area contributed by atoms with E-state index in [1.54, 1.807) is 0 Å². The van der Waals surface area contributed by atoms with Crippen molar-refractivity contribution in [3.8, 4) is 0 Å². The minimum absolute atomic E-state index is 0.191. The van der Waals surface area contributed by atoms with Crippen LogP contribution in [-0.4, -0.2) is 33.1 Å². The van der Waals surface area contributed by atoms with Gasteiger partial charge in [-0.05, 0) is 26.7 Å². The molecule has 1 aromatic rings. The molecule has 0 radical (unpaired) electrons. The number of rotatable bonds is 6. The fourth-order valence-corrected chi connectivity index (χ4v) is 2.46. The van der Waals surface area contributed by atoms with E-state index in [1.165, 1.54) is 32.0 Å². The Balaban J connectivity index is 1.81. The van der Waals surface area contributed by atoms with Crippen molar-refractivity contribution in [1.29, 1.82) is 0 Å². The molecular weight excluding hydrogens is 228 g/mol. The number of nitrogens with one attached hydrogen (secondary N) is 1. The fourth-order valence-electron chi connectivity index (χ4n) is 2.46. The third-order valence-electron chi connectivity index (χ3n) is 3.43. The summed E-state index contributed by atoms with van der Waals surface area (Å²) in [6.07, 6.45) is 6.87. The Bertz CT molecular complexity index is 393. The van der Waals surface area contributed by atoms with E-state index in [0.717, 1.165) is 5.82 Å². The lowest BCUT2D eigenvalue weighted by molar-refractivity contribution is -0.117. The summed E-state index contributed by atoms with van der Waals surface area (Å²) in [5.74, 6) is 0.958. The summed E-state index contributed by atoms with van der Waals surface area (Å²) in [5, 5.41) is 7.47. The normalized spacial score (nSPS) is 16.6. The first kappa shape index (κ1) is 13.2. The highest BCUT2D eigenvalue weighted by atomic mass is 16.1. The van der Waals surface area contributed by atoms with Crippen LogP contribution in [0.1, 0.15) is 51.4 Å². The fraction of sp³-hybridized carbons (Fsp3) is 0.769. The maximum atomic E-state index is 11.9. The Morgan fingerprint density at radius 3 is 2.89 bits per heavy atom. The van der Waals surface area contributed by atoms with Crippen LogP contribution in [-0.2, 0) is 11.2 Å². The zero-order chi connectivity index (χ0) is 13.0. The van der Waals surface area contributed by atoms with Crippen LogP contribution in [0, 0.1) is 0 Å². The van der Waals surface area contributed by atoms with Crippen LogP contribution in [0.2, 0.25) is 0 Å². The highest BCUT2D eigenvalue weighted by Crippen LogP contribution is 2.17. The highest BCUT2D eigenvalue weighted by Gasteiger charge is 2.17. The molecule has 0 bridgehead atoms. The summed E-state index contributed by atoms with van der Waals surface area (Å²) in [6.45, 7) is 4.54. The maximum absolute atomic E-state index is 11.9. The van der Waals surface area contributed by atoms with Crippen molar-refractivity contribution in [1.82, 2.24) is 20.1 Å². The van der Waals surface area contributed by atoms with Crippen LogP contribution >= 0.6 is 0 Å². The average molecular weight is 250 g/mol. The Kier molecular flexibility index (Phi) is 4.47. The monoisotopic (exact) mass is 250 g/mol. The first-order valence-corrected chi connectivity index (χ1v) is 6.80. The summed E-state index contributed by atoms with van der Waals surface area (Å²) in [4.78, 5) is 16.1. The van der Waals surface area contributed by atoms with Crippen molar-refractivity contribution < 1.29 is 4.79 Å². The molecule has 5 nitrogen and oxygen atoms in total. The molecule has 0 aliphatic heterocycles. The van der Waals surface area contributed by atoms with Gasteiger partial charge in [-0.3, -0.25) is 4.79 Å². The lowest BCUT2D eigenvalue weighted by atomic mass is 10.2. The van der Waals surface area contributed by atoms with E-state index in [9.17, 15) is 4.79 Å². The number of carbonyl (C=O) groups excluding carboxylic acids is 1. The topological polar surface area (TPSA) is 59.8 Å². The molecule has 0 aromatic carbocycles. The van der Waals surface area contributed by atoms with Crippen molar-refractivity contribution in [2.24, 2.45) is 0 Å². The minimum Gasteiger partial charge on any atom is -0.307 e. The van der Waals surface area contributed by atoms with Gasteiger partial charge in [-0.2, -0.15) is 5.10 Å². The summed E-state index contributed by atoms with van der Waals surface area (Å²) >= 11 is 0. The zero-order valence-electron chi connectivity index (χ0n) is 11.2. The van der Waals surface area contributed by atoms with E-state index in [-0.39, 0.29) is 11.8 Å². The first-order chi connectivity index (χ1) is 8.66. The van der Waals surface area contributed by atoms with Crippen LogP contribution in [0.4, 0.5) is 0 Å².